The summed E-state index contributed by atoms with van der Waals surface area (Å²) in [5.74, 6) is 0.314. The quantitative estimate of drug-likeness (QED) is 0.804. The second-order valence-corrected chi connectivity index (χ2v) is 7.29. The van der Waals surface area contributed by atoms with Crippen molar-refractivity contribution in [1.29, 1.82) is 0 Å². The normalized spacial score (nSPS) is 17.4. The van der Waals surface area contributed by atoms with E-state index in [-0.39, 0.29) is 12.0 Å². The van der Waals surface area contributed by atoms with Gasteiger partial charge in [-0.2, -0.15) is 0 Å². The van der Waals surface area contributed by atoms with Gasteiger partial charge >= 0.3 is 0 Å². The van der Waals surface area contributed by atoms with Crippen LogP contribution in [0.4, 0.5) is 0 Å². The van der Waals surface area contributed by atoms with Crippen molar-refractivity contribution in [2.45, 2.75) is 45.3 Å². The number of hydrogen-bond donors (Lipinski definition) is 0. The molecule has 0 N–H and O–H groups in total. The van der Waals surface area contributed by atoms with Gasteiger partial charge in [0.2, 0.25) is 0 Å². The van der Waals surface area contributed by atoms with Crippen molar-refractivity contribution in [3.05, 3.63) is 46.2 Å². The summed E-state index contributed by atoms with van der Waals surface area (Å²) in [6.45, 7) is 6.13. The fourth-order valence-corrected chi connectivity index (χ4v) is 3.58. The lowest BCUT2D eigenvalue weighted by atomic mass is 10.2. The molecule has 1 aliphatic heterocycles. The second kappa shape index (κ2) is 7.85. The number of amides is 1. The van der Waals surface area contributed by atoms with E-state index in [0.29, 0.717) is 24.7 Å². The van der Waals surface area contributed by atoms with E-state index in [1.54, 1.807) is 23.7 Å². The molecule has 24 heavy (non-hydrogen) atoms. The molecule has 0 spiro atoms. The van der Waals surface area contributed by atoms with Gasteiger partial charge in [0.15, 0.2) is 0 Å². The minimum atomic E-state index is -0.0227. The van der Waals surface area contributed by atoms with Crippen LogP contribution in [0, 0.1) is 0 Å². The third-order valence-corrected chi connectivity index (χ3v) is 5.24. The summed E-state index contributed by atoms with van der Waals surface area (Å²) in [6, 6.07) is 3.88. The Hall–Kier alpha value is -1.79. The van der Waals surface area contributed by atoms with Gasteiger partial charge in [-0.1, -0.05) is 13.8 Å². The molecular weight excluding hydrogens is 322 g/mol. The Bertz CT molecular complexity index is 666. The standard InChI is InChI=1S/C18H23N3O2S/c1-13(2)17-20-16(12-24-17)18(22)21(11-15-4-3-9-23-15)10-14-5-7-19-8-6-14/h5-8,12-13,15H,3-4,9-11H2,1-2H3/t15-/m0/s1. The van der Waals surface area contributed by atoms with Gasteiger partial charge < -0.3 is 9.64 Å². The van der Waals surface area contributed by atoms with Crippen LogP contribution in [0.3, 0.4) is 0 Å². The molecule has 0 unspecified atom stereocenters. The molecule has 0 aliphatic carbocycles. The number of thiazole rings is 1. The Morgan fingerprint density at radius 1 is 1.42 bits per heavy atom. The minimum Gasteiger partial charge on any atom is -0.376 e. The van der Waals surface area contributed by atoms with Gasteiger partial charge in [0.1, 0.15) is 5.69 Å². The average molecular weight is 345 g/mol. The fourth-order valence-electron chi connectivity index (χ4n) is 2.78. The lowest BCUT2D eigenvalue weighted by Gasteiger charge is -2.25. The topological polar surface area (TPSA) is 55.3 Å². The van der Waals surface area contributed by atoms with Gasteiger partial charge in [0.25, 0.3) is 5.91 Å². The number of hydrogen-bond acceptors (Lipinski definition) is 5. The molecule has 0 radical (unpaired) electrons. The molecular formula is C18H23N3O2S. The molecule has 0 saturated carbocycles. The highest BCUT2D eigenvalue weighted by Gasteiger charge is 2.25. The largest absolute Gasteiger partial charge is 0.376 e. The Balaban J connectivity index is 1.77. The van der Waals surface area contributed by atoms with Crippen LogP contribution >= 0.6 is 11.3 Å². The molecule has 0 aromatic carbocycles. The molecule has 3 rings (SSSR count). The third kappa shape index (κ3) is 4.19. The second-order valence-electron chi connectivity index (χ2n) is 6.40. The monoisotopic (exact) mass is 345 g/mol. The molecule has 5 nitrogen and oxygen atoms in total. The number of aromatic nitrogens is 2. The summed E-state index contributed by atoms with van der Waals surface area (Å²) in [5, 5.41) is 2.87. The predicted octanol–water partition coefficient (Wildman–Crippen LogP) is 3.48. The van der Waals surface area contributed by atoms with Crippen LogP contribution in [-0.4, -0.2) is 40.0 Å². The summed E-state index contributed by atoms with van der Waals surface area (Å²) in [4.78, 5) is 23.4. The molecule has 1 amide bonds. The Labute approximate surface area is 146 Å². The molecule has 1 aliphatic rings. The molecule has 2 aromatic heterocycles. The van der Waals surface area contributed by atoms with Gasteiger partial charge in [-0.25, -0.2) is 4.98 Å². The number of carbonyl (C=O) groups excluding carboxylic acids is 1. The molecule has 128 valence electrons. The van der Waals surface area contributed by atoms with E-state index in [1.165, 1.54) is 0 Å². The van der Waals surface area contributed by atoms with Crippen LogP contribution < -0.4 is 0 Å². The molecule has 2 aromatic rings. The maximum Gasteiger partial charge on any atom is 0.273 e. The summed E-state index contributed by atoms with van der Waals surface area (Å²) in [5.41, 5.74) is 1.60. The Morgan fingerprint density at radius 3 is 2.83 bits per heavy atom. The highest BCUT2D eigenvalue weighted by Crippen LogP contribution is 2.22. The maximum atomic E-state index is 13.0. The molecule has 1 saturated heterocycles. The summed E-state index contributed by atoms with van der Waals surface area (Å²) in [7, 11) is 0. The lowest BCUT2D eigenvalue weighted by molar-refractivity contribution is 0.0503. The van der Waals surface area contributed by atoms with Crippen molar-refractivity contribution in [3.63, 3.8) is 0 Å². The smallest absolute Gasteiger partial charge is 0.273 e. The van der Waals surface area contributed by atoms with Crippen molar-refractivity contribution < 1.29 is 9.53 Å². The first-order valence-corrected chi connectivity index (χ1v) is 9.26. The minimum absolute atomic E-state index is 0.0227. The van der Waals surface area contributed by atoms with E-state index >= 15 is 0 Å². The van der Waals surface area contributed by atoms with Crippen LogP contribution in [-0.2, 0) is 11.3 Å². The van der Waals surface area contributed by atoms with E-state index in [1.807, 2.05) is 22.4 Å². The van der Waals surface area contributed by atoms with E-state index in [2.05, 4.69) is 23.8 Å². The van der Waals surface area contributed by atoms with Crippen LogP contribution in [0.5, 0.6) is 0 Å². The summed E-state index contributed by atoms with van der Waals surface area (Å²) < 4.78 is 5.73. The van der Waals surface area contributed by atoms with Crippen LogP contribution in [0.1, 0.15) is 53.7 Å². The Kier molecular flexibility index (Phi) is 5.58. The van der Waals surface area contributed by atoms with Gasteiger partial charge in [-0.05, 0) is 30.5 Å². The van der Waals surface area contributed by atoms with Gasteiger partial charge in [-0.15, -0.1) is 11.3 Å². The van der Waals surface area contributed by atoms with Gasteiger partial charge in [0.05, 0.1) is 11.1 Å². The Morgan fingerprint density at radius 2 is 2.21 bits per heavy atom. The highest BCUT2D eigenvalue weighted by molar-refractivity contribution is 7.09. The van der Waals surface area contributed by atoms with E-state index in [4.69, 9.17) is 4.74 Å². The third-order valence-electron chi connectivity index (χ3n) is 4.09. The number of nitrogens with zero attached hydrogens (tertiary/aromatic N) is 3. The molecule has 1 fully saturated rings. The zero-order valence-corrected chi connectivity index (χ0v) is 15.0. The van der Waals surface area contributed by atoms with Crippen LogP contribution in [0.2, 0.25) is 0 Å². The molecule has 6 heteroatoms. The number of pyridine rings is 1. The summed E-state index contributed by atoms with van der Waals surface area (Å²) >= 11 is 1.55. The first kappa shape index (κ1) is 17.0. The number of carbonyl (C=O) groups is 1. The van der Waals surface area contributed by atoms with Crippen LogP contribution in [0.25, 0.3) is 0 Å². The zero-order chi connectivity index (χ0) is 16.9. The van der Waals surface area contributed by atoms with Crippen molar-refractivity contribution in [1.82, 2.24) is 14.9 Å². The van der Waals surface area contributed by atoms with Crippen LogP contribution in [0.15, 0.2) is 29.9 Å². The molecule has 3 heterocycles. The first-order valence-electron chi connectivity index (χ1n) is 8.38. The zero-order valence-electron chi connectivity index (χ0n) is 14.1. The van der Waals surface area contributed by atoms with E-state index in [9.17, 15) is 4.79 Å². The van der Waals surface area contributed by atoms with Gasteiger partial charge in [-0.3, -0.25) is 9.78 Å². The fraction of sp³-hybridized carbons (Fsp3) is 0.500. The van der Waals surface area contributed by atoms with E-state index in [0.717, 1.165) is 30.0 Å². The van der Waals surface area contributed by atoms with Crippen molar-refractivity contribution in [2.75, 3.05) is 13.2 Å². The van der Waals surface area contributed by atoms with E-state index < -0.39 is 0 Å². The number of rotatable bonds is 6. The summed E-state index contributed by atoms with van der Waals surface area (Å²) in [6.07, 6.45) is 5.71. The van der Waals surface area contributed by atoms with Crippen molar-refractivity contribution >= 4 is 17.2 Å². The highest BCUT2D eigenvalue weighted by atomic mass is 32.1. The molecule has 0 bridgehead atoms. The lowest BCUT2D eigenvalue weighted by Crippen LogP contribution is -2.37. The molecule has 1 atom stereocenters. The average Bonchev–Trinajstić information content (AvgIpc) is 3.26. The SMILES string of the molecule is CC(C)c1nc(C(=O)N(Cc2ccncc2)C[C@@H]2CCCO2)cs1. The first-order chi connectivity index (χ1) is 11.6. The number of ether oxygens (including phenoxy) is 1. The maximum absolute atomic E-state index is 13.0. The van der Waals surface area contributed by atoms with Crippen molar-refractivity contribution in [3.8, 4) is 0 Å². The van der Waals surface area contributed by atoms with Crippen molar-refractivity contribution in [2.24, 2.45) is 0 Å². The van der Waals surface area contributed by atoms with Gasteiger partial charge in [0, 0.05) is 43.4 Å². The predicted molar refractivity (Wildman–Crippen MR) is 94.2 cm³/mol.